The van der Waals surface area contributed by atoms with Crippen LogP contribution in [0, 0.1) is 5.92 Å². The zero-order chi connectivity index (χ0) is 19.7. The van der Waals surface area contributed by atoms with Crippen molar-refractivity contribution in [1.82, 2.24) is 15.5 Å². The summed E-state index contributed by atoms with van der Waals surface area (Å²) >= 11 is 0. The van der Waals surface area contributed by atoms with Crippen LogP contribution in [0.25, 0.3) is 11.3 Å². The van der Waals surface area contributed by atoms with Gasteiger partial charge in [0.1, 0.15) is 13.2 Å². The minimum absolute atomic E-state index is 0.0908. The molecule has 150 valence electrons. The summed E-state index contributed by atoms with van der Waals surface area (Å²) in [6.45, 7) is 0.916. The number of fused-ring (bicyclic) bond motifs is 1. The van der Waals surface area contributed by atoms with Gasteiger partial charge in [-0.25, -0.2) is 0 Å². The molecule has 4 rings (SSSR count). The molecule has 1 aromatic carbocycles. The first-order valence-electron chi connectivity index (χ1n) is 9.23. The van der Waals surface area contributed by atoms with Gasteiger partial charge < -0.3 is 14.8 Å². The highest BCUT2D eigenvalue weighted by molar-refractivity contribution is 6.00. The summed E-state index contributed by atoms with van der Waals surface area (Å²) in [6, 6.07) is 4.77. The van der Waals surface area contributed by atoms with Gasteiger partial charge in [0.25, 0.3) is 5.91 Å². The predicted molar refractivity (Wildman–Crippen MR) is 94.3 cm³/mol. The minimum atomic E-state index is -4.23. The summed E-state index contributed by atoms with van der Waals surface area (Å²) in [5, 5.41) is 9.47. The number of H-pyrrole nitrogens is 1. The number of hydrogen-bond acceptors (Lipinski definition) is 4. The van der Waals surface area contributed by atoms with Crippen LogP contribution in [-0.4, -0.2) is 41.5 Å². The predicted octanol–water partition coefficient (Wildman–Crippen LogP) is 3.70. The molecule has 1 saturated carbocycles. The van der Waals surface area contributed by atoms with Gasteiger partial charge in [-0.15, -0.1) is 0 Å². The molecule has 6 nitrogen and oxygen atoms in total. The number of hydrogen-bond donors (Lipinski definition) is 2. The van der Waals surface area contributed by atoms with E-state index in [1.54, 1.807) is 18.2 Å². The van der Waals surface area contributed by atoms with Crippen molar-refractivity contribution in [2.24, 2.45) is 5.92 Å². The van der Waals surface area contributed by atoms with Crippen molar-refractivity contribution < 1.29 is 27.4 Å². The maximum atomic E-state index is 13.0. The number of ether oxygens (including phenoxy) is 2. The minimum Gasteiger partial charge on any atom is -0.486 e. The molecule has 0 bridgehead atoms. The molecule has 2 unspecified atom stereocenters. The second-order valence-corrected chi connectivity index (χ2v) is 7.09. The van der Waals surface area contributed by atoms with Crippen LogP contribution in [0.3, 0.4) is 0 Å². The van der Waals surface area contributed by atoms with E-state index < -0.39 is 24.0 Å². The highest BCUT2D eigenvalue weighted by Crippen LogP contribution is 2.38. The van der Waals surface area contributed by atoms with Crippen molar-refractivity contribution >= 4 is 5.91 Å². The number of amides is 1. The highest BCUT2D eigenvalue weighted by Gasteiger charge is 2.42. The van der Waals surface area contributed by atoms with Gasteiger partial charge >= 0.3 is 6.18 Å². The van der Waals surface area contributed by atoms with E-state index in [9.17, 15) is 18.0 Å². The van der Waals surface area contributed by atoms with Gasteiger partial charge in [0, 0.05) is 11.6 Å². The molecule has 2 aromatic rings. The molecule has 1 aliphatic carbocycles. The third-order valence-corrected chi connectivity index (χ3v) is 5.19. The Hall–Kier alpha value is -2.71. The van der Waals surface area contributed by atoms with E-state index in [1.807, 2.05) is 0 Å². The lowest BCUT2D eigenvalue weighted by Gasteiger charge is -2.31. The van der Waals surface area contributed by atoms with Crippen molar-refractivity contribution in [3.63, 3.8) is 0 Å². The highest BCUT2D eigenvalue weighted by atomic mass is 19.4. The molecule has 0 saturated heterocycles. The van der Waals surface area contributed by atoms with Crippen LogP contribution in [0.5, 0.6) is 11.5 Å². The fraction of sp³-hybridized carbons (Fsp3) is 0.474. The molecule has 1 aliphatic heterocycles. The molecule has 1 aromatic heterocycles. The Balaban J connectivity index is 1.50. The first-order valence-corrected chi connectivity index (χ1v) is 9.23. The Morgan fingerprint density at radius 1 is 1.18 bits per heavy atom. The fourth-order valence-corrected chi connectivity index (χ4v) is 3.76. The molecule has 2 N–H and O–H groups in total. The summed E-state index contributed by atoms with van der Waals surface area (Å²) in [5.41, 5.74) is 1.45. The van der Waals surface area contributed by atoms with Crippen LogP contribution in [0.4, 0.5) is 13.2 Å². The third kappa shape index (κ3) is 3.79. The summed E-state index contributed by atoms with van der Waals surface area (Å²) in [4.78, 5) is 12.7. The zero-order valence-electron chi connectivity index (χ0n) is 15.0. The van der Waals surface area contributed by atoms with Crippen molar-refractivity contribution in [2.45, 2.75) is 37.9 Å². The molecule has 1 amide bonds. The Labute approximate surface area is 159 Å². The molecule has 0 radical (unpaired) electrons. The van der Waals surface area contributed by atoms with Gasteiger partial charge in [0.05, 0.1) is 23.4 Å². The maximum absolute atomic E-state index is 13.0. The first kappa shape index (κ1) is 18.6. The number of halogens is 3. The number of nitrogens with zero attached hydrogens (tertiary/aromatic N) is 1. The molecule has 1 fully saturated rings. The van der Waals surface area contributed by atoms with E-state index in [2.05, 4.69) is 15.5 Å². The van der Waals surface area contributed by atoms with Gasteiger partial charge in [-0.3, -0.25) is 9.89 Å². The summed E-state index contributed by atoms with van der Waals surface area (Å²) in [5.74, 6) is -0.606. The van der Waals surface area contributed by atoms with Crippen molar-refractivity contribution in [1.29, 1.82) is 0 Å². The SMILES string of the molecule is O=C(NC1CCCC(C(F)(F)F)C1)c1cn[nH]c1-c1ccc2c(c1)OCCO2. The van der Waals surface area contributed by atoms with E-state index in [0.717, 1.165) is 0 Å². The quantitative estimate of drug-likeness (QED) is 0.831. The molecule has 2 atom stereocenters. The lowest BCUT2D eigenvalue weighted by Crippen LogP contribution is -2.41. The molecular formula is C19H20F3N3O3. The average Bonchev–Trinajstić information content (AvgIpc) is 3.17. The number of nitrogens with one attached hydrogen (secondary N) is 2. The van der Waals surface area contributed by atoms with Gasteiger partial charge in [-0.2, -0.15) is 18.3 Å². The van der Waals surface area contributed by atoms with Crippen LogP contribution in [0.15, 0.2) is 24.4 Å². The van der Waals surface area contributed by atoms with E-state index >= 15 is 0 Å². The first-order chi connectivity index (χ1) is 13.4. The fourth-order valence-electron chi connectivity index (χ4n) is 3.76. The van der Waals surface area contributed by atoms with Crippen LogP contribution < -0.4 is 14.8 Å². The number of alkyl halides is 3. The maximum Gasteiger partial charge on any atom is 0.391 e. The molecular weight excluding hydrogens is 375 g/mol. The van der Waals surface area contributed by atoms with Gasteiger partial charge in [0.2, 0.25) is 0 Å². The van der Waals surface area contributed by atoms with E-state index in [-0.39, 0.29) is 18.4 Å². The Bertz CT molecular complexity index is 866. The van der Waals surface area contributed by atoms with E-state index in [4.69, 9.17) is 9.47 Å². The van der Waals surface area contributed by atoms with Gasteiger partial charge in [-0.1, -0.05) is 6.42 Å². The summed E-state index contributed by atoms with van der Waals surface area (Å²) in [7, 11) is 0. The normalized spacial score (nSPS) is 22.0. The second kappa shape index (κ2) is 7.37. The standard InChI is InChI=1S/C19H20F3N3O3/c20-19(21,22)12-2-1-3-13(9-12)24-18(26)14-10-23-25-17(14)11-4-5-15-16(8-11)28-7-6-27-15/h4-5,8,10,12-13H,1-3,6-7,9H2,(H,23,25)(H,24,26). The van der Waals surface area contributed by atoms with Crippen molar-refractivity contribution in [3.8, 4) is 22.8 Å². The number of carbonyl (C=O) groups is 1. The van der Waals surface area contributed by atoms with E-state index in [0.29, 0.717) is 48.8 Å². The molecule has 9 heteroatoms. The third-order valence-electron chi connectivity index (χ3n) is 5.19. The number of rotatable bonds is 3. The number of aromatic nitrogens is 2. The summed E-state index contributed by atoms with van der Waals surface area (Å²) < 4.78 is 50.0. The zero-order valence-corrected chi connectivity index (χ0v) is 15.0. The Morgan fingerprint density at radius 2 is 1.96 bits per heavy atom. The van der Waals surface area contributed by atoms with Gasteiger partial charge in [-0.05, 0) is 37.5 Å². The van der Waals surface area contributed by atoms with Crippen molar-refractivity contribution in [2.75, 3.05) is 13.2 Å². The van der Waals surface area contributed by atoms with Crippen LogP contribution in [0.2, 0.25) is 0 Å². The number of aromatic amines is 1. The molecule has 0 spiro atoms. The van der Waals surface area contributed by atoms with Crippen molar-refractivity contribution in [3.05, 3.63) is 30.0 Å². The number of carbonyl (C=O) groups excluding carboxylic acids is 1. The van der Waals surface area contributed by atoms with E-state index in [1.165, 1.54) is 6.20 Å². The summed E-state index contributed by atoms with van der Waals surface area (Å²) in [6.07, 6.45) is -1.84. The Kier molecular flexibility index (Phi) is 4.91. The van der Waals surface area contributed by atoms with Crippen LogP contribution in [-0.2, 0) is 0 Å². The topological polar surface area (TPSA) is 76.2 Å². The largest absolute Gasteiger partial charge is 0.486 e. The lowest BCUT2D eigenvalue weighted by molar-refractivity contribution is -0.183. The monoisotopic (exact) mass is 395 g/mol. The second-order valence-electron chi connectivity index (χ2n) is 7.09. The van der Waals surface area contributed by atoms with Gasteiger partial charge in [0.15, 0.2) is 11.5 Å². The van der Waals surface area contributed by atoms with Crippen LogP contribution >= 0.6 is 0 Å². The molecule has 2 aliphatic rings. The smallest absolute Gasteiger partial charge is 0.391 e. The lowest BCUT2D eigenvalue weighted by atomic mass is 9.85. The molecule has 2 heterocycles. The van der Waals surface area contributed by atoms with Crippen LogP contribution in [0.1, 0.15) is 36.0 Å². The Morgan fingerprint density at radius 3 is 2.75 bits per heavy atom. The average molecular weight is 395 g/mol. The molecule has 28 heavy (non-hydrogen) atoms. The number of benzene rings is 1.